The summed E-state index contributed by atoms with van der Waals surface area (Å²) < 4.78 is 0. The number of phenols is 1. The molecule has 6 heteroatoms. The Balaban J connectivity index is 1.80. The number of benzene rings is 2. The van der Waals surface area contributed by atoms with Crippen molar-refractivity contribution >= 4 is 34.7 Å². The second-order valence-electron chi connectivity index (χ2n) is 4.57. The molecule has 0 aromatic heterocycles. The van der Waals surface area contributed by atoms with Crippen molar-refractivity contribution < 1.29 is 9.90 Å². The monoisotopic (exact) mass is 311 g/mol. The van der Waals surface area contributed by atoms with E-state index in [1.54, 1.807) is 35.4 Å². The summed E-state index contributed by atoms with van der Waals surface area (Å²) in [7, 11) is 0. The van der Waals surface area contributed by atoms with E-state index in [9.17, 15) is 9.90 Å². The third kappa shape index (κ3) is 3.17. The van der Waals surface area contributed by atoms with Crippen molar-refractivity contribution in [2.24, 2.45) is 10.2 Å². The lowest BCUT2D eigenvalue weighted by atomic mass is 10.2. The third-order valence-electron chi connectivity index (χ3n) is 3.02. The molecule has 1 heterocycles. The molecule has 1 N–H and O–H groups in total. The number of hydrogen-bond donors (Lipinski definition) is 1. The van der Waals surface area contributed by atoms with Gasteiger partial charge in [-0.15, -0.1) is 5.10 Å². The Hall–Kier alpha value is -2.60. The van der Waals surface area contributed by atoms with Gasteiger partial charge in [0.15, 0.2) is 5.17 Å². The van der Waals surface area contributed by atoms with Gasteiger partial charge in [0.1, 0.15) is 5.75 Å². The van der Waals surface area contributed by atoms with E-state index < -0.39 is 0 Å². The Morgan fingerprint density at radius 1 is 1.09 bits per heavy atom. The third-order valence-corrected chi connectivity index (χ3v) is 3.94. The molecule has 110 valence electrons. The average Bonchev–Trinajstić information content (AvgIpc) is 2.91. The van der Waals surface area contributed by atoms with Crippen molar-refractivity contribution in [3.8, 4) is 5.75 Å². The van der Waals surface area contributed by atoms with Crippen molar-refractivity contribution in [2.75, 3.05) is 10.7 Å². The first-order chi connectivity index (χ1) is 10.7. The van der Waals surface area contributed by atoms with E-state index in [0.717, 1.165) is 11.3 Å². The Morgan fingerprint density at radius 3 is 2.55 bits per heavy atom. The predicted molar refractivity (Wildman–Crippen MR) is 89.5 cm³/mol. The summed E-state index contributed by atoms with van der Waals surface area (Å²) in [6, 6.07) is 16.0. The Labute approximate surface area is 132 Å². The smallest absolute Gasteiger partial charge is 0.243 e. The Kier molecular flexibility index (Phi) is 4.20. The van der Waals surface area contributed by atoms with Gasteiger partial charge < -0.3 is 5.11 Å². The fourth-order valence-corrected chi connectivity index (χ4v) is 2.80. The van der Waals surface area contributed by atoms with Crippen LogP contribution in [-0.2, 0) is 4.79 Å². The summed E-state index contributed by atoms with van der Waals surface area (Å²) in [6.07, 6.45) is 1.58. The number of anilines is 1. The highest BCUT2D eigenvalue weighted by Crippen LogP contribution is 2.26. The molecule has 2 aromatic carbocycles. The largest absolute Gasteiger partial charge is 0.508 e. The van der Waals surface area contributed by atoms with Crippen LogP contribution in [0.1, 0.15) is 5.56 Å². The first kappa shape index (κ1) is 14.3. The molecule has 1 amide bonds. The van der Waals surface area contributed by atoms with Gasteiger partial charge in [0, 0.05) is 0 Å². The van der Waals surface area contributed by atoms with Gasteiger partial charge in [-0.05, 0) is 42.0 Å². The summed E-state index contributed by atoms with van der Waals surface area (Å²) in [5, 5.41) is 18.0. The number of amides is 1. The van der Waals surface area contributed by atoms with Crippen LogP contribution < -0.4 is 4.90 Å². The van der Waals surface area contributed by atoms with E-state index in [1.165, 1.54) is 11.8 Å². The van der Waals surface area contributed by atoms with Gasteiger partial charge in [0.05, 0.1) is 17.7 Å². The van der Waals surface area contributed by atoms with Gasteiger partial charge in [0.2, 0.25) is 5.91 Å². The summed E-state index contributed by atoms with van der Waals surface area (Å²) in [6.45, 7) is 0. The zero-order valence-electron chi connectivity index (χ0n) is 11.6. The molecule has 5 nitrogen and oxygen atoms in total. The second-order valence-corrected chi connectivity index (χ2v) is 5.51. The van der Waals surface area contributed by atoms with Crippen LogP contribution in [0.4, 0.5) is 5.69 Å². The maximum Gasteiger partial charge on any atom is 0.243 e. The van der Waals surface area contributed by atoms with Crippen LogP contribution in [-0.4, -0.2) is 28.1 Å². The van der Waals surface area contributed by atoms with Crippen molar-refractivity contribution in [2.45, 2.75) is 0 Å². The van der Waals surface area contributed by atoms with Gasteiger partial charge in [0.25, 0.3) is 0 Å². The number of phenolic OH excluding ortho intramolecular Hbond substituents is 1. The van der Waals surface area contributed by atoms with Gasteiger partial charge in [-0.25, -0.2) is 0 Å². The Bertz CT molecular complexity index is 727. The van der Waals surface area contributed by atoms with E-state index in [0.29, 0.717) is 10.9 Å². The van der Waals surface area contributed by atoms with Crippen LogP contribution in [0.3, 0.4) is 0 Å². The molecule has 0 aliphatic carbocycles. The fourth-order valence-electron chi connectivity index (χ4n) is 1.97. The number of aromatic hydroxyl groups is 1. The molecule has 3 rings (SSSR count). The van der Waals surface area contributed by atoms with E-state index >= 15 is 0 Å². The molecule has 0 atom stereocenters. The molecular formula is C16H13N3O2S. The van der Waals surface area contributed by atoms with E-state index in [-0.39, 0.29) is 11.7 Å². The molecule has 0 saturated carbocycles. The van der Waals surface area contributed by atoms with Gasteiger partial charge in [-0.3, -0.25) is 9.69 Å². The van der Waals surface area contributed by atoms with E-state index in [1.807, 2.05) is 30.3 Å². The zero-order valence-corrected chi connectivity index (χ0v) is 12.4. The highest BCUT2D eigenvalue weighted by atomic mass is 32.2. The van der Waals surface area contributed by atoms with Crippen LogP contribution in [0.15, 0.2) is 64.8 Å². The summed E-state index contributed by atoms with van der Waals surface area (Å²) >= 11 is 1.36. The lowest BCUT2D eigenvalue weighted by Crippen LogP contribution is -2.28. The molecule has 2 aromatic rings. The minimum absolute atomic E-state index is 0.00483. The molecule has 0 radical (unpaired) electrons. The lowest BCUT2D eigenvalue weighted by molar-refractivity contribution is -0.115. The Morgan fingerprint density at radius 2 is 1.82 bits per heavy atom. The molecule has 1 aliphatic heterocycles. The van der Waals surface area contributed by atoms with Crippen LogP contribution in [0, 0.1) is 0 Å². The van der Waals surface area contributed by atoms with E-state index in [2.05, 4.69) is 10.2 Å². The molecule has 0 spiro atoms. The van der Waals surface area contributed by atoms with Crippen LogP contribution in [0.2, 0.25) is 0 Å². The average molecular weight is 311 g/mol. The number of nitrogens with zero attached hydrogens (tertiary/aromatic N) is 3. The molecule has 1 saturated heterocycles. The van der Waals surface area contributed by atoms with Crippen molar-refractivity contribution in [3.05, 3.63) is 60.2 Å². The van der Waals surface area contributed by atoms with Crippen molar-refractivity contribution in [1.29, 1.82) is 0 Å². The highest BCUT2D eigenvalue weighted by molar-refractivity contribution is 8.15. The van der Waals surface area contributed by atoms with Crippen molar-refractivity contribution in [3.63, 3.8) is 0 Å². The van der Waals surface area contributed by atoms with E-state index in [4.69, 9.17) is 0 Å². The summed E-state index contributed by atoms with van der Waals surface area (Å²) in [5.74, 6) is 0.563. The lowest BCUT2D eigenvalue weighted by Gasteiger charge is -2.14. The molecular weight excluding hydrogens is 298 g/mol. The fraction of sp³-hybridized carbons (Fsp3) is 0.0625. The number of hydrogen-bond acceptors (Lipinski definition) is 5. The molecule has 22 heavy (non-hydrogen) atoms. The standard InChI is InChI=1S/C16H13N3O2S/c20-14-8-6-12(7-9-14)10-17-18-16-19(15(21)11-22-16)13-4-2-1-3-5-13/h1-10,20H,11H2/b17-10+,18-16+. The number of para-hydroxylation sites is 1. The normalized spacial score (nSPS) is 16.8. The van der Waals surface area contributed by atoms with Crippen LogP contribution in [0.25, 0.3) is 0 Å². The minimum Gasteiger partial charge on any atom is -0.508 e. The number of rotatable bonds is 3. The summed E-state index contributed by atoms with van der Waals surface area (Å²) in [4.78, 5) is 13.6. The van der Waals surface area contributed by atoms with Crippen molar-refractivity contribution in [1.82, 2.24) is 0 Å². The quantitative estimate of drug-likeness (QED) is 0.700. The molecule has 0 unspecified atom stereocenters. The maximum absolute atomic E-state index is 12.0. The molecule has 1 fully saturated rings. The topological polar surface area (TPSA) is 65.3 Å². The van der Waals surface area contributed by atoms with Crippen LogP contribution in [0.5, 0.6) is 5.75 Å². The van der Waals surface area contributed by atoms with Gasteiger partial charge in [-0.1, -0.05) is 30.0 Å². The highest BCUT2D eigenvalue weighted by Gasteiger charge is 2.29. The summed E-state index contributed by atoms with van der Waals surface area (Å²) in [5.41, 5.74) is 1.61. The second kappa shape index (κ2) is 6.44. The minimum atomic E-state index is -0.00483. The predicted octanol–water partition coefficient (Wildman–Crippen LogP) is 2.86. The zero-order chi connectivity index (χ0) is 15.4. The number of carbonyl (C=O) groups is 1. The first-order valence-electron chi connectivity index (χ1n) is 6.65. The number of thioether (sulfide) groups is 1. The number of amidine groups is 1. The van der Waals surface area contributed by atoms with Gasteiger partial charge >= 0.3 is 0 Å². The maximum atomic E-state index is 12.0. The molecule has 0 bridgehead atoms. The first-order valence-corrected chi connectivity index (χ1v) is 7.63. The SMILES string of the molecule is O=C1CS/C(=N/N=C/c2ccc(O)cc2)N1c1ccccc1. The van der Waals surface area contributed by atoms with Gasteiger partial charge in [-0.2, -0.15) is 5.10 Å². The number of carbonyl (C=O) groups excluding carboxylic acids is 1. The molecule has 1 aliphatic rings. The van der Waals surface area contributed by atoms with Crippen LogP contribution >= 0.6 is 11.8 Å².